The fourth-order valence-corrected chi connectivity index (χ4v) is 19.1. The number of likely N-dealkylation sites (tertiary alicyclic amines) is 1. The van der Waals surface area contributed by atoms with Gasteiger partial charge in [-0.2, -0.15) is 0 Å². The van der Waals surface area contributed by atoms with Crippen LogP contribution in [0.3, 0.4) is 0 Å². The van der Waals surface area contributed by atoms with Crippen LogP contribution in [-0.4, -0.2) is 148 Å². The Kier molecular flexibility index (Phi) is 30.8. The van der Waals surface area contributed by atoms with E-state index >= 15 is 0 Å². The van der Waals surface area contributed by atoms with Crippen molar-refractivity contribution in [1.29, 1.82) is 0 Å². The summed E-state index contributed by atoms with van der Waals surface area (Å²) in [4.78, 5) is 102. The summed E-state index contributed by atoms with van der Waals surface area (Å²) in [6, 6.07) is 65.8. The van der Waals surface area contributed by atoms with Gasteiger partial charge in [0.05, 0.1) is 49.4 Å². The molecular weight excluding hydrogens is 1710 g/mol. The van der Waals surface area contributed by atoms with Crippen LogP contribution < -0.4 is 55.3 Å². The molecule has 26 nitrogen and oxygen atoms in total. The first-order valence-electron chi connectivity index (χ1n) is 46.9. The Balaban J connectivity index is 0.000000149. The molecule has 8 aliphatic heterocycles. The summed E-state index contributed by atoms with van der Waals surface area (Å²) in [7, 11) is 0. The van der Waals surface area contributed by atoms with Crippen LogP contribution in [0.15, 0.2) is 200 Å². The summed E-state index contributed by atoms with van der Waals surface area (Å²) >= 11 is 0. The molecular formula is C109H132N8O18. The summed E-state index contributed by atoms with van der Waals surface area (Å²) in [6.07, 6.45) is -0.237. The van der Waals surface area contributed by atoms with Gasteiger partial charge in [0.2, 0.25) is 0 Å². The van der Waals surface area contributed by atoms with Gasteiger partial charge in [0.1, 0.15) is 46.5 Å². The molecule has 8 aliphatic rings. The fraction of sp³-hybridized carbons (Fsp3) is 0.431. The van der Waals surface area contributed by atoms with Gasteiger partial charge in [-0.05, 0) is 256 Å². The lowest BCUT2D eigenvalue weighted by Gasteiger charge is -2.36. The number of aliphatic hydroxyl groups is 2. The van der Waals surface area contributed by atoms with E-state index in [1.165, 1.54) is 38.9 Å². The average Bonchev–Trinajstić information content (AvgIpc) is 1.54. The number of hydrogen-bond donors (Lipinski definition) is 9. The van der Waals surface area contributed by atoms with Crippen LogP contribution in [0, 0.1) is 0 Å². The van der Waals surface area contributed by atoms with Gasteiger partial charge in [-0.25, -0.2) is 19.2 Å². The molecule has 9 aromatic rings. The topological polar surface area (TPSA) is 343 Å². The highest BCUT2D eigenvalue weighted by Gasteiger charge is 2.58. The van der Waals surface area contributed by atoms with Gasteiger partial charge in [-0.3, -0.25) is 49.8 Å². The molecule has 0 aliphatic carbocycles. The number of amides is 2. The van der Waals surface area contributed by atoms with Gasteiger partial charge < -0.3 is 59.5 Å². The number of nitrogens with one attached hydrogen (secondary N) is 5. The number of aliphatic carboxylic acids is 2. The largest absolute Gasteiger partial charge is 0.479 e. The minimum Gasteiger partial charge on any atom is -0.479 e. The van der Waals surface area contributed by atoms with Gasteiger partial charge in [0.15, 0.2) is 12.2 Å². The molecule has 0 saturated carbocycles. The third-order valence-electron chi connectivity index (χ3n) is 26.8. The van der Waals surface area contributed by atoms with E-state index in [4.69, 9.17) is 48.8 Å². The highest BCUT2D eigenvalue weighted by atomic mass is 16.6. The van der Waals surface area contributed by atoms with Crippen molar-refractivity contribution in [2.75, 3.05) is 46.6 Å². The van der Waals surface area contributed by atoms with E-state index in [2.05, 4.69) is 175 Å². The summed E-state index contributed by atoms with van der Waals surface area (Å²) in [6.45, 7) is 41.7. The van der Waals surface area contributed by atoms with E-state index < -0.39 is 35.3 Å². The Hall–Kier alpha value is -12.3. The van der Waals surface area contributed by atoms with Crippen molar-refractivity contribution < 1.29 is 87.2 Å². The first-order valence-corrected chi connectivity index (χ1v) is 46.9. The molecule has 8 heterocycles. The Morgan fingerprint density at radius 2 is 0.696 bits per heavy atom. The van der Waals surface area contributed by atoms with Crippen LogP contribution in [0.4, 0.5) is 32.3 Å². The van der Waals surface area contributed by atoms with Crippen LogP contribution >= 0.6 is 0 Å². The zero-order chi connectivity index (χ0) is 97.6. The molecule has 9 N–H and O–H groups in total. The Bertz CT molecular complexity index is 5620. The molecule has 4 saturated heterocycles. The zero-order valence-corrected chi connectivity index (χ0v) is 80.9. The lowest BCUT2D eigenvalue weighted by Crippen LogP contribution is -2.52. The van der Waals surface area contributed by atoms with Gasteiger partial charge >= 0.3 is 48.0 Å². The molecule has 2 amide bonds. The molecule has 0 aromatic heterocycles. The predicted octanol–water partition coefficient (Wildman–Crippen LogP) is 18.3. The van der Waals surface area contributed by atoms with Crippen LogP contribution in [0.2, 0.25) is 0 Å². The maximum Gasteiger partial charge on any atom is 0.416 e. The number of carboxylic acid groups (broad SMARTS) is 2. The molecule has 0 bridgehead atoms. The molecule has 6 unspecified atom stereocenters. The van der Waals surface area contributed by atoms with E-state index in [1.54, 1.807) is 21.9 Å². The quantitative estimate of drug-likeness (QED) is 0.0238. The van der Waals surface area contributed by atoms with E-state index in [1.807, 2.05) is 169 Å². The third-order valence-corrected chi connectivity index (χ3v) is 26.8. The van der Waals surface area contributed by atoms with Crippen molar-refractivity contribution in [3.63, 3.8) is 0 Å². The maximum absolute atomic E-state index is 13.6. The number of anilines is 4. The number of benzene rings is 9. The molecule has 17 rings (SSSR count). The van der Waals surface area contributed by atoms with Crippen molar-refractivity contribution in [2.24, 2.45) is 0 Å². The maximum atomic E-state index is 13.6. The number of carbonyl (C=O) groups excluding carboxylic acids is 6. The van der Waals surface area contributed by atoms with Crippen LogP contribution in [-0.2, 0) is 92.1 Å². The molecule has 9 aromatic carbocycles. The minimum absolute atomic E-state index is 0.0599. The predicted molar refractivity (Wildman–Crippen MR) is 521 cm³/mol. The summed E-state index contributed by atoms with van der Waals surface area (Å²) in [5.74, 6) is -0.471. The minimum atomic E-state index is -2.27. The molecule has 0 radical (unpaired) electrons. The van der Waals surface area contributed by atoms with Crippen LogP contribution in [0.1, 0.15) is 246 Å². The standard InChI is InChI=1S/C34H40N2O4.C27H34N2O4.2C22H26N2O2.C4H6O6/c1-23(2)26-14-12-24(13-15-26)20-30(37)39-27-16-17-29-28(21-27)34(6)18-19-35(22-25-10-8-7-9-11-25)31(34)36(29)32(38)40-33(3,4)5;1-17(2)19-9-7-18(8-10-19)15-23(30)32-20-11-12-22-21(16-20)27(6)13-14-28-24(27)29(22)25(31)33-26(3,4)5;2*1-14(2)16-6-4-15(5-7-16)12-20(25)26-17-8-9-19-18(13-17)22(3)10-11-23-21(22)24-19;5-1(3(7)8)2(6)4(9)10/h7-17,21,23,31H,18-20,22H2,1-6H3;7-12,16-17,24,28H,13-15H2,1-6H3;2*4-9,13-14,21,23-24H,10-12H2,1-3H3;1-2,5-6H,(H,7,8)(H,9,10)/t31?,34-;24?,27-;2*21?,22-;/m0000./s1. The molecule has 135 heavy (non-hydrogen) atoms. The van der Waals surface area contributed by atoms with Crippen molar-refractivity contribution in [3.8, 4) is 23.0 Å². The lowest BCUT2D eigenvalue weighted by atomic mass is 9.81. The smallest absolute Gasteiger partial charge is 0.416 e. The van der Waals surface area contributed by atoms with E-state index in [0.29, 0.717) is 46.7 Å². The van der Waals surface area contributed by atoms with Crippen LogP contribution in [0.25, 0.3) is 0 Å². The number of carbonyl (C=O) groups is 8. The van der Waals surface area contributed by atoms with Gasteiger partial charge in [-0.15, -0.1) is 0 Å². The van der Waals surface area contributed by atoms with E-state index in [-0.39, 0.29) is 108 Å². The molecule has 716 valence electrons. The second-order valence-corrected chi connectivity index (χ2v) is 40.6. The van der Waals surface area contributed by atoms with E-state index in [9.17, 15) is 38.4 Å². The highest BCUT2D eigenvalue weighted by molar-refractivity contribution is 5.95. The highest BCUT2D eigenvalue weighted by Crippen LogP contribution is 2.55. The summed E-state index contributed by atoms with van der Waals surface area (Å²) in [5, 5.41) is 50.0. The summed E-state index contributed by atoms with van der Waals surface area (Å²) < 4.78 is 34.3. The molecule has 10 atom stereocenters. The number of fused-ring (bicyclic) bond motifs is 12. The van der Waals surface area contributed by atoms with Crippen LogP contribution in [0.5, 0.6) is 23.0 Å². The first-order chi connectivity index (χ1) is 63.8. The Morgan fingerprint density at radius 3 is 1.04 bits per heavy atom. The normalized spacial score (nSPS) is 21.5. The second-order valence-electron chi connectivity index (χ2n) is 40.6. The monoisotopic (exact) mass is 1840 g/mol. The van der Waals surface area contributed by atoms with E-state index in [0.717, 1.165) is 115 Å². The number of esters is 4. The second kappa shape index (κ2) is 41.5. The van der Waals surface area contributed by atoms with Crippen molar-refractivity contribution in [3.05, 3.63) is 273 Å². The SMILES string of the molecule is CC(C)c1ccc(CC(=O)Oc2ccc3c(c2)[C@]2(C)CCN(Cc4ccccc4)C2N3C(=O)OC(C)(C)C)cc1.CC(C)c1ccc(CC(=O)Oc2ccc3c(c2)[C@]2(C)CCNC2N3)cc1.CC(C)c1ccc(CC(=O)Oc2ccc3c(c2)[C@]2(C)CCNC2N3)cc1.CC(C)c1ccc(CC(=O)Oc2ccc3c(c2)[C@]2(C)CCNC2N3C(=O)OC(C)(C)C)cc1.O=C(O)C(O)C(O)C(=O)O. The molecule has 4 fully saturated rings. The third kappa shape index (κ3) is 23.4. The molecule has 0 spiro atoms. The van der Waals surface area contributed by atoms with Crippen molar-refractivity contribution in [2.45, 2.75) is 276 Å². The number of rotatable bonds is 21. The Labute approximate surface area is 792 Å². The lowest BCUT2D eigenvalue weighted by molar-refractivity contribution is -0.165. The summed E-state index contributed by atoms with van der Waals surface area (Å²) in [5.41, 5.74) is 16.7. The van der Waals surface area contributed by atoms with Crippen molar-refractivity contribution >= 4 is 70.8 Å². The number of hydrogen-bond acceptors (Lipinski definition) is 22. The fourth-order valence-electron chi connectivity index (χ4n) is 19.1. The van der Waals surface area contributed by atoms with Gasteiger partial charge in [-0.1, -0.05) is 210 Å². The number of carboxylic acids is 2. The number of nitrogens with zero attached hydrogens (tertiary/aromatic N) is 3. The van der Waals surface area contributed by atoms with Gasteiger partial charge in [0.25, 0.3) is 0 Å². The Morgan fingerprint density at radius 1 is 0.378 bits per heavy atom. The number of aliphatic hydroxyl groups excluding tert-OH is 2. The zero-order valence-electron chi connectivity index (χ0n) is 80.9. The molecule has 26 heteroatoms. The van der Waals surface area contributed by atoms with Crippen molar-refractivity contribution in [1.82, 2.24) is 20.9 Å². The van der Waals surface area contributed by atoms with Gasteiger partial charge in [0, 0.05) is 46.1 Å². The number of ether oxygens (including phenoxy) is 6. The first kappa shape index (κ1) is 100. The average molecular weight is 1840 g/mol.